The van der Waals surface area contributed by atoms with Crippen LogP contribution < -0.4 is 0 Å². The summed E-state index contributed by atoms with van der Waals surface area (Å²) in [7, 11) is -1.56. The Labute approximate surface area is 95.5 Å². The quantitative estimate of drug-likeness (QED) is 0.532. The molecule has 15 heavy (non-hydrogen) atoms. The summed E-state index contributed by atoms with van der Waals surface area (Å²) in [6.07, 6.45) is 3.27. The van der Waals surface area contributed by atoms with Crippen LogP contribution in [0, 0.1) is 0 Å². The van der Waals surface area contributed by atoms with Crippen LogP contribution in [-0.4, -0.2) is 27.1 Å². The second-order valence-electron chi connectivity index (χ2n) is 6.07. The minimum Gasteiger partial charge on any atom is -0.414 e. The molecule has 0 saturated carbocycles. The Balaban J connectivity index is 2.26. The zero-order valence-electron chi connectivity index (χ0n) is 11.1. The third kappa shape index (κ3) is 3.57. The molecule has 1 unspecified atom stereocenters. The molecule has 0 aliphatic carbocycles. The Morgan fingerprint density at radius 1 is 1.20 bits per heavy atom. The fourth-order valence-electron chi connectivity index (χ4n) is 1.37. The molecule has 1 saturated heterocycles. The fourth-order valence-corrected chi connectivity index (χ4v) is 2.39. The molecule has 2 atom stereocenters. The molecular formula is C12H26O2Si. The van der Waals surface area contributed by atoms with Crippen LogP contribution in [0.25, 0.3) is 0 Å². The maximum atomic E-state index is 6.11. The Morgan fingerprint density at radius 3 is 2.27 bits per heavy atom. The molecule has 2 nitrogen and oxygen atoms in total. The maximum absolute atomic E-state index is 6.11. The summed E-state index contributed by atoms with van der Waals surface area (Å²) in [5.74, 6) is 0. The molecule has 1 aliphatic rings. The molecule has 1 aliphatic heterocycles. The van der Waals surface area contributed by atoms with E-state index in [9.17, 15) is 0 Å². The average Bonchev–Trinajstić information content (AvgIpc) is 2.79. The van der Waals surface area contributed by atoms with E-state index in [0.717, 1.165) is 6.61 Å². The first-order valence-corrected chi connectivity index (χ1v) is 8.98. The summed E-state index contributed by atoms with van der Waals surface area (Å²) in [4.78, 5) is 0. The number of rotatable bonds is 5. The summed E-state index contributed by atoms with van der Waals surface area (Å²) >= 11 is 0. The SMILES string of the molecule is CCCC1O[C@@H]1CO[Si](C)(C)C(C)(C)C. The molecule has 0 aromatic rings. The minimum absolute atomic E-state index is 0.308. The van der Waals surface area contributed by atoms with Crippen LogP contribution in [0.3, 0.4) is 0 Å². The lowest BCUT2D eigenvalue weighted by molar-refractivity contribution is 0.241. The van der Waals surface area contributed by atoms with Crippen molar-refractivity contribution in [2.24, 2.45) is 0 Å². The summed E-state index contributed by atoms with van der Waals surface area (Å²) in [6, 6.07) is 0. The number of hydrogen-bond acceptors (Lipinski definition) is 2. The van der Waals surface area contributed by atoms with E-state index in [-0.39, 0.29) is 0 Å². The predicted molar refractivity (Wildman–Crippen MR) is 66.7 cm³/mol. The molecule has 1 fully saturated rings. The van der Waals surface area contributed by atoms with Crippen LogP contribution >= 0.6 is 0 Å². The van der Waals surface area contributed by atoms with Crippen molar-refractivity contribution in [1.29, 1.82) is 0 Å². The van der Waals surface area contributed by atoms with Crippen LogP contribution in [0.15, 0.2) is 0 Å². The first-order chi connectivity index (χ1) is 6.78. The third-order valence-electron chi connectivity index (χ3n) is 3.68. The highest BCUT2D eigenvalue weighted by Gasteiger charge is 2.42. The highest BCUT2D eigenvalue weighted by molar-refractivity contribution is 6.74. The van der Waals surface area contributed by atoms with Gasteiger partial charge in [0.25, 0.3) is 0 Å². The lowest BCUT2D eigenvalue weighted by Gasteiger charge is -2.36. The predicted octanol–water partition coefficient (Wildman–Crippen LogP) is 3.58. The summed E-state index contributed by atoms with van der Waals surface area (Å²) in [5, 5.41) is 0.308. The monoisotopic (exact) mass is 230 g/mol. The van der Waals surface area contributed by atoms with Crippen molar-refractivity contribution < 1.29 is 9.16 Å². The van der Waals surface area contributed by atoms with Gasteiger partial charge in [-0.1, -0.05) is 34.1 Å². The maximum Gasteiger partial charge on any atom is 0.192 e. The van der Waals surface area contributed by atoms with E-state index < -0.39 is 8.32 Å². The zero-order chi connectivity index (χ0) is 11.7. The smallest absolute Gasteiger partial charge is 0.192 e. The lowest BCUT2D eigenvalue weighted by Crippen LogP contribution is -2.41. The van der Waals surface area contributed by atoms with Gasteiger partial charge >= 0.3 is 0 Å². The van der Waals surface area contributed by atoms with Crippen molar-refractivity contribution in [3.05, 3.63) is 0 Å². The fraction of sp³-hybridized carbons (Fsp3) is 1.00. The van der Waals surface area contributed by atoms with E-state index in [0.29, 0.717) is 17.2 Å². The van der Waals surface area contributed by atoms with Crippen LogP contribution in [0.4, 0.5) is 0 Å². The van der Waals surface area contributed by atoms with Gasteiger partial charge in [-0.2, -0.15) is 0 Å². The molecular weight excluding hydrogens is 204 g/mol. The van der Waals surface area contributed by atoms with E-state index >= 15 is 0 Å². The van der Waals surface area contributed by atoms with Gasteiger partial charge in [0.2, 0.25) is 0 Å². The van der Waals surface area contributed by atoms with Crippen LogP contribution in [-0.2, 0) is 9.16 Å². The van der Waals surface area contributed by atoms with Crippen molar-refractivity contribution in [3.8, 4) is 0 Å². The van der Waals surface area contributed by atoms with E-state index in [2.05, 4.69) is 40.8 Å². The molecule has 0 amide bonds. The van der Waals surface area contributed by atoms with Gasteiger partial charge in [0.1, 0.15) is 6.10 Å². The van der Waals surface area contributed by atoms with Gasteiger partial charge in [-0.15, -0.1) is 0 Å². The first-order valence-electron chi connectivity index (χ1n) is 6.07. The average molecular weight is 230 g/mol. The minimum atomic E-state index is -1.56. The van der Waals surface area contributed by atoms with E-state index in [1.807, 2.05) is 0 Å². The molecule has 0 aromatic carbocycles. The standard InChI is InChI=1S/C12H26O2Si/c1-7-8-10-11(14-10)9-13-15(5,6)12(2,3)4/h10-11H,7-9H2,1-6H3/t10?,11-/m1/s1. The Kier molecular flexibility index (Phi) is 4.01. The second-order valence-corrected chi connectivity index (χ2v) is 10.9. The van der Waals surface area contributed by atoms with Crippen molar-refractivity contribution in [2.45, 2.75) is 70.9 Å². The van der Waals surface area contributed by atoms with Gasteiger partial charge in [-0.3, -0.25) is 0 Å². The van der Waals surface area contributed by atoms with Gasteiger partial charge < -0.3 is 9.16 Å². The van der Waals surface area contributed by atoms with E-state index in [1.54, 1.807) is 0 Å². The molecule has 3 heteroatoms. The molecule has 0 aromatic heterocycles. The Morgan fingerprint density at radius 2 is 1.80 bits per heavy atom. The van der Waals surface area contributed by atoms with Crippen LogP contribution in [0.2, 0.25) is 18.1 Å². The number of epoxide rings is 1. The highest BCUT2D eigenvalue weighted by atomic mass is 28.4. The Bertz CT molecular complexity index is 208. The van der Waals surface area contributed by atoms with Crippen LogP contribution in [0.5, 0.6) is 0 Å². The van der Waals surface area contributed by atoms with Crippen molar-refractivity contribution in [3.63, 3.8) is 0 Å². The summed E-state index contributed by atoms with van der Waals surface area (Å²) in [5.41, 5.74) is 0. The van der Waals surface area contributed by atoms with Crippen LogP contribution in [0.1, 0.15) is 40.5 Å². The lowest BCUT2D eigenvalue weighted by atomic mass is 10.2. The van der Waals surface area contributed by atoms with E-state index in [4.69, 9.17) is 9.16 Å². The highest BCUT2D eigenvalue weighted by Crippen LogP contribution is 2.38. The number of hydrogen-bond donors (Lipinski definition) is 0. The molecule has 90 valence electrons. The molecule has 0 spiro atoms. The summed E-state index contributed by atoms with van der Waals surface area (Å²) < 4.78 is 11.7. The number of ether oxygens (including phenoxy) is 1. The van der Waals surface area contributed by atoms with Gasteiger partial charge in [0.05, 0.1) is 12.7 Å². The molecule has 0 radical (unpaired) electrons. The van der Waals surface area contributed by atoms with Gasteiger partial charge in [-0.05, 0) is 24.6 Å². The topological polar surface area (TPSA) is 21.8 Å². The second kappa shape index (κ2) is 4.56. The molecule has 0 bridgehead atoms. The van der Waals surface area contributed by atoms with Crippen molar-refractivity contribution in [2.75, 3.05) is 6.61 Å². The molecule has 1 heterocycles. The molecule has 0 N–H and O–H groups in total. The first kappa shape index (κ1) is 13.2. The van der Waals surface area contributed by atoms with Gasteiger partial charge in [-0.25, -0.2) is 0 Å². The van der Waals surface area contributed by atoms with Crippen molar-refractivity contribution >= 4 is 8.32 Å². The normalized spacial score (nSPS) is 26.8. The third-order valence-corrected chi connectivity index (χ3v) is 8.18. The summed E-state index contributed by atoms with van der Waals surface area (Å²) in [6.45, 7) is 14.4. The van der Waals surface area contributed by atoms with Crippen molar-refractivity contribution in [1.82, 2.24) is 0 Å². The van der Waals surface area contributed by atoms with Gasteiger partial charge in [0, 0.05) is 0 Å². The zero-order valence-corrected chi connectivity index (χ0v) is 12.1. The molecule has 1 rings (SSSR count). The largest absolute Gasteiger partial charge is 0.414 e. The van der Waals surface area contributed by atoms with E-state index in [1.165, 1.54) is 12.8 Å². The van der Waals surface area contributed by atoms with Gasteiger partial charge in [0.15, 0.2) is 8.32 Å². The Hall–Kier alpha value is 0.137.